The first-order valence-electron chi connectivity index (χ1n) is 6.25. The molecule has 0 unspecified atom stereocenters. The van der Waals surface area contributed by atoms with Gasteiger partial charge in [-0.3, -0.25) is 0 Å². The Balaban J connectivity index is 1.92. The van der Waals surface area contributed by atoms with E-state index >= 15 is 0 Å². The fourth-order valence-corrected chi connectivity index (χ4v) is 2.29. The van der Waals surface area contributed by atoms with Crippen LogP contribution in [0.2, 0.25) is 5.02 Å². The van der Waals surface area contributed by atoms with Gasteiger partial charge in [0.1, 0.15) is 0 Å². The Morgan fingerprint density at radius 3 is 3.00 bits per heavy atom. The van der Waals surface area contributed by atoms with Crippen LogP contribution in [0.3, 0.4) is 0 Å². The summed E-state index contributed by atoms with van der Waals surface area (Å²) in [7, 11) is 0. The van der Waals surface area contributed by atoms with Crippen LogP contribution in [0.1, 0.15) is 23.2 Å². The summed E-state index contributed by atoms with van der Waals surface area (Å²) in [5.74, 6) is -1.01. The van der Waals surface area contributed by atoms with Crippen LogP contribution in [0.5, 0.6) is 0 Å². The molecule has 1 saturated heterocycles. The van der Waals surface area contributed by atoms with Gasteiger partial charge in [-0.2, -0.15) is 0 Å². The molecule has 3 N–H and O–H groups in total. The second-order valence-electron chi connectivity index (χ2n) is 4.47. The van der Waals surface area contributed by atoms with Crippen LogP contribution in [0.15, 0.2) is 18.2 Å². The number of benzene rings is 1. The van der Waals surface area contributed by atoms with Gasteiger partial charge in [0.15, 0.2) is 5.11 Å². The van der Waals surface area contributed by atoms with Gasteiger partial charge < -0.3 is 20.5 Å². The number of anilines is 1. The van der Waals surface area contributed by atoms with Crippen LogP contribution in [0.4, 0.5) is 5.69 Å². The highest BCUT2D eigenvalue weighted by atomic mass is 35.5. The average Bonchev–Trinajstić information content (AvgIpc) is 2.92. The highest BCUT2D eigenvalue weighted by Gasteiger charge is 2.15. The lowest BCUT2D eigenvalue weighted by Crippen LogP contribution is -2.34. The average molecular weight is 315 g/mol. The van der Waals surface area contributed by atoms with Gasteiger partial charge in [-0.1, -0.05) is 11.6 Å². The van der Waals surface area contributed by atoms with Crippen molar-refractivity contribution in [3.8, 4) is 0 Å². The Bertz CT molecular complexity index is 518. The van der Waals surface area contributed by atoms with Gasteiger partial charge >= 0.3 is 5.97 Å². The van der Waals surface area contributed by atoms with Crippen molar-refractivity contribution < 1.29 is 14.6 Å². The number of rotatable bonds is 4. The molecule has 0 spiro atoms. The van der Waals surface area contributed by atoms with Crippen molar-refractivity contribution in [2.45, 2.75) is 18.9 Å². The molecule has 0 saturated carbocycles. The second kappa shape index (κ2) is 6.88. The molecule has 1 aliphatic heterocycles. The molecule has 0 radical (unpaired) electrons. The normalized spacial score (nSPS) is 17.8. The van der Waals surface area contributed by atoms with Crippen LogP contribution >= 0.6 is 23.8 Å². The van der Waals surface area contributed by atoms with E-state index in [1.54, 1.807) is 0 Å². The summed E-state index contributed by atoms with van der Waals surface area (Å²) in [6.45, 7) is 1.42. The van der Waals surface area contributed by atoms with Gasteiger partial charge in [0.25, 0.3) is 0 Å². The standard InChI is InChI=1S/C13H15ClN2O3S/c14-10-4-3-8(12(17)18)6-11(10)16-13(20)15-7-9-2-1-5-19-9/h3-4,6,9H,1-2,5,7H2,(H,17,18)(H2,15,16,20)/t9-/m0/s1. The molecule has 1 aromatic carbocycles. The summed E-state index contributed by atoms with van der Waals surface area (Å²) in [6, 6.07) is 4.42. The SMILES string of the molecule is O=C(O)c1ccc(Cl)c(NC(=S)NC[C@@H]2CCCO2)c1. The number of aromatic carboxylic acids is 1. The van der Waals surface area contributed by atoms with Gasteiger partial charge in [-0.15, -0.1) is 0 Å². The molecule has 1 aliphatic rings. The molecular weight excluding hydrogens is 300 g/mol. The number of halogens is 1. The van der Waals surface area contributed by atoms with E-state index in [2.05, 4.69) is 10.6 Å². The lowest BCUT2D eigenvalue weighted by Gasteiger charge is -2.15. The van der Waals surface area contributed by atoms with Gasteiger partial charge in [-0.05, 0) is 43.3 Å². The number of carbonyl (C=O) groups is 1. The zero-order chi connectivity index (χ0) is 14.5. The minimum Gasteiger partial charge on any atom is -0.478 e. The summed E-state index contributed by atoms with van der Waals surface area (Å²) in [6.07, 6.45) is 2.26. The number of carboxylic acids is 1. The van der Waals surface area contributed by atoms with Gasteiger partial charge in [-0.25, -0.2) is 4.79 Å². The van der Waals surface area contributed by atoms with Crippen molar-refractivity contribution in [1.82, 2.24) is 5.32 Å². The van der Waals surface area contributed by atoms with Crippen molar-refractivity contribution >= 4 is 40.6 Å². The van der Waals surface area contributed by atoms with Crippen LogP contribution in [0, 0.1) is 0 Å². The summed E-state index contributed by atoms with van der Waals surface area (Å²) in [4.78, 5) is 10.9. The maximum Gasteiger partial charge on any atom is 0.335 e. The van der Waals surface area contributed by atoms with E-state index in [0.29, 0.717) is 22.4 Å². The molecule has 0 bridgehead atoms. The topological polar surface area (TPSA) is 70.6 Å². The Hall–Kier alpha value is -1.37. The first kappa shape index (κ1) is 15.0. The van der Waals surface area contributed by atoms with Gasteiger partial charge in [0, 0.05) is 13.2 Å². The molecule has 1 atom stereocenters. The van der Waals surface area contributed by atoms with Crippen LogP contribution in [0.25, 0.3) is 0 Å². The highest BCUT2D eigenvalue weighted by molar-refractivity contribution is 7.80. The number of hydrogen-bond donors (Lipinski definition) is 3. The molecule has 0 aromatic heterocycles. The zero-order valence-corrected chi connectivity index (χ0v) is 12.3. The number of carboxylic acid groups (broad SMARTS) is 1. The monoisotopic (exact) mass is 314 g/mol. The molecule has 108 valence electrons. The number of nitrogens with one attached hydrogen (secondary N) is 2. The number of ether oxygens (including phenoxy) is 1. The minimum atomic E-state index is -1.01. The lowest BCUT2D eigenvalue weighted by molar-refractivity contribution is 0.0697. The summed E-state index contributed by atoms with van der Waals surface area (Å²) < 4.78 is 5.47. The van der Waals surface area contributed by atoms with Crippen molar-refractivity contribution in [3.63, 3.8) is 0 Å². The third-order valence-corrected chi connectivity index (χ3v) is 3.55. The number of hydrogen-bond acceptors (Lipinski definition) is 3. The molecule has 0 aliphatic carbocycles. The van der Waals surface area contributed by atoms with Crippen molar-refractivity contribution in [1.29, 1.82) is 0 Å². The number of thiocarbonyl (C=S) groups is 1. The summed E-state index contributed by atoms with van der Waals surface area (Å²) in [5.41, 5.74) is 0.621. The Morgan fingerprint density at radius 2 is 2.35 bits per heavy atom. The van der Waals surface area contributed by atoms with E-state index in [1.807, 2.05) is 0 Å². The van der Waals surface area contributed by atoms with Crippen molar-refractivity contribution in [2.24, 2.45) is 0 Å². The fourth-order valence-electron chi connectivity index (χ4n) is 1.93. The molecule has 20 heavy (non-hydrogen) atoms. The Labute approximate surface area is 127 Å². The molecule has 1 aromatic rings. The first-order chi connectivity index (χ1) is 9.56. The first-order valence-corrected chi connectivity index (χ1v) is 7.04. The molecule has 1 heterocycles. The second-order valence-corrected chi connectivity index (χ2v) is 5.29. The van der Waals surface area contributed by atoms with Crippen molar-refractivity contribution in [3.05, 3.63) is 28.8 Å². The van der Waals surface area contributed by atoms with Gasteiger partial charge in [0.2, 0.25) is 0 Å². The van der Waals surface area contributed by atoms with Crippen LogP contribution in [-0.2, 0) is 4.74 Å². The summed E-state index contributed by atoms with van der Waals surface area (Å²) in [5, 5.41) is 15.7. The van der Waals surface area contributed by atoms with Crippen molar-refractivity contribution in [2.75, 3.05) is 18.5 Å². The molecular formula is C13H15ClN2O3S. The molecule has 7 heteroatoms. The summed E-state index contributed by atoms with van der Waals surface area (Å²) >= 11 is 11.2. The minimum absolute atomic E-state index is 0.152. The lowest BCUT2D eigenvalue weighted by atomic mass is 10.2. The predicted molar refractivity (Wildman–Crippen MR) is 81.6 cm³/mol. The van der Waals surface area contributed by atoms with E-state index in [0.717, 1.165) is 19.4 Å². The molecule has 5 nitrogen and oxygen atoms in total. The quantitative estimate of drug-likeness (QED) is 0.742. The Morgan fingerprint density at radius 1 is 1.55 bits per heavy atom. The third-order valence-electron chi connectivity index (χ3n) is 2.98. The van der Waals surface area contributed by atoms with Gasteiger partial charge in [0.05, 0.1) is 22.4 Å². The molecule has 1 fully saturated rings. The van der Waals surface area contributed by atoms with E-state index in [9.17, 15) is 4.79 Å². The van der Waals surface area contributed by atoms with E-state index < -0.39 is 5.97 Å². The Kier molecular flexibility index (Phi) is 5.17. The van der Waals surface area contributed by atoms with Crippen LogP contribution in [-0.4, -0.2) is 35.4 Å². The van der Waals surface area contributed by atoms with E-state index in [1.165, 1.54) is 18.2 Å². The third kappa shape index (κ3) is 4.06. The maximum atomic E-state index is 10.9. The molecule has 2 rings (SSSR count). The fraction of sp³-hybridized carbons (Fsp3) is 0.385. The largest absolute Gasteiger partial charge is 0.478 e. The van der Waals surface area contributed by atoms with Crippen LogP contribution < -0.4 is 10.6 Å². The van der Waals surface area contributed by atoms with E-state index in [-0.39, 0.29) is 11.7 Å². The molecule has 0 amide bonds. The highest BCUT2D eigenvalue weighted by Crippen LogP contribution is 2.23. The smallest absolute Gasteiger partial charge is 0.335 e. The predicted octanol–water partition coefficient (Wildman–Crippen LogP) is 2.50. The van der Waals surface area contributed by atoms with E-state index in [4.69, 9.17) is 33.7 Å². The zero-order valence-electron chi connectivity index (χ0n) is 10.7. The maximum absolute atomic E-state index is 10.9.